The number of ether oxygens (including phenoxy) is 1. The molecule has 0 bridgehead atoms. The number of esters is 1. The zero-order valence-corrected chi connectivity index (χ0v) is 40.3. The molecule has 0 saturated heterocycles. The van der Waals surface area contributed by atoms with Gasteiger partial charge in [-0.15, -0.1) is 0 Å². The van der Waals surface area contributed by atoms with Crippen molar-refractivity contribution in [2.75, 3.05) is 26.4 Å². The van der Waals surface area contributed by atoms with E-state index in [9.17, 15) is 24.2 Å². The Hall–Kier alpha value is -1.25. The van der Waals surface area contributed by atoms with Gasteiger partial charge in [-0.2, -0.15) is 0 Å². The summed E-state index contributed by atoms with van der Waals surface area (Å²) in [6.45, 7) is 3.61. The number of allylic oxidation sites excluding steroid dienone is 2. The Morgan fingerprint density at radius 3 is 1.25 bits per heavy atom. The third-order valence-electron chi connectivity index (χ3n) is 11.4. The van der Waals surface area contributed by atoms with Crippen LogP contribution in [0, 0.1) is 0 Å². The molecule has 0 aliphatic rings. The van der Waals surface area contributed by atoms with E-state index in [-0.39, 0.29) is 32.1 Å². The number of carbonyl (C=O) groups excluding carboxylic acids is 2. The maximum absolute atomic E-state index is 12.1. The lowest BCUT2D eigenvalue weighted by molar-refractivity contribution is -0.147. The summed E-state index contributed by atoms with van der Waals surface area (Å²) in [6.07, 6.45) is 51.5. The molecule has 9 nitrogen and oxygen atoms in total. The molecule has 0 aromatic carbocycles. The number of unbranched alkanes of at least 4 members (excludes halogenated alkanes) is 34. The van der Waals surface area contributed by atoms with Crippen molar-refractivity contribution < 1.29 is 37.9 Å². The Morgan fingerprint density at radius 1 is 0.500 bits per heavy atom. The fraction of sp³-hybridized carbons (Fsp3) is 0.920. The first-order chi connectivity index (χ1) is 29.3. The highest BCUT2D eigenvalue weighted by Gasteiger charge is 2.23. The quantitative estimate of drug-likeness (QED) is 0.0238. The highest BCUT2D eigenvalue weighted by molar-refractivity contribution is 7.47. The lowest BCUT2D eigenvalue weighted by Gasteiger charge is -2.15. The molecule has 0 spiro atoms. The average Bonchev–Trinajstić information content (AvgIpc) is 3.23. The van der Waals surface area contributed by atoms with Crippen LogP contribution in [0.5, 0.6) is 0 Å². The molecule has 0 radical (unpaired) electrons. The van der Waals surface area contributed by atoms with Crippen LogP contribution in [-0.4, -0.2) is 54.3 Å². The summed E-state index contributed by atoms with van der Waals surface area (Å²) in [5.41, 5.74) is 0. The van der Waals surface area contributed by atoms with Crippen LogP contribution in [-0.2, 0) is 27.9 Å². The van der Waals surface area contributed by atoms with Gasteiger partial charge in [-0.3, -0.25) is 18.6 Å². The molecule has 0 aromatic rings. The third-order valence-corrected chi connectivity index (χ3v) is 12.4. The van der Waals surface area contributed by atoms with Crippen molar-refractivity contribution in [3.63, 3.8) is 0 Å². The lowest BCUT2D eigenvalue weighted by atomic mass is 10.0. The van der Waals surface area contributed by atoms with E-state index in [2.05, 4.69) is 31.3 Å². The minimum Gasteiger partial charge on any atom is -0.463 e. The van der Waals surface area contributed by atoms with Gasteiger partial charge in [0.1, 0.15) is 12.7 Å². The Kier molecular flexibility index (Phi) is 46.3. The molecule has 2 atom stereocenters. The Labute approximate surface area is 370 Å². The first-order valence-electron chi connectivity index (χ1n) is 25.7. The molecule has 60 heavy (non-hydrogen) atoms. The predicted molar refractivity (Wildman–Crippen MR) is 252 cm³/mol. The average molecular weight is 872 g/mol. The van der Waals surface area contributed by atoms with E-state index in [4.69, 9.17) is 13.8 Å². The van der Waals surface area contributed by atoms with Crippen LogP contribution in [0.3, 0.4) is 0 Å². The molecular weight excluding hydrogens is 774 g/mol. The molecule has 0 fully saturated rings. The lowest BCUT2D eigenvalue weighted by Crippen LogP contribution is -2.27. The number of carbonyl (C=O) groups is 2. The number of amides is 1. The van der Waals surface area contributed by atoms with Gasteiger partial charge in [-0.25, -0.2) is 4.57 Å². The van der Waals surface area contributed by atoms with E-state index in [1.165, 1.54) is 199 Å². The van der Waals surface area contributed by atoms with E-state index in [1.807, 2.05) is 0 Å². The van der Waals surface area contributed by atoms with Gasteiger partial charge in [0.2, 0.25) is 5.91 Å². The van der Waals surface area contributed by atoms with Crippen LogP contribution in [0.2, 0.25) is 0 Å². The molecular formula is C50H98NO8P. The van der Waals surface area contributed by atoms with E-state index in [0.29, 0.717) is 6.42 Å². The van der Waals surface area contributed by atoms with Crippen molar-refractivity contribution >= 4 is 19.7 Å². The number of phosphoric ester groups is 1. The van der Waals surface area contributed by atoms with Crippen LogP contribution in [0.25, 0.3) is 0 Å². The van der Waals surface area contributed by atoms with Crippen LogP contribution < -0.4 is 5.32 Å². The topological polar surface area (TPSA) is 131 Å². The van der Waals surface area contributed by atoms with Gasteiger partial charge in [0.25, 0.3) is 0 Å². The number of aliphatic hydroxyl groups excluding tert-OH is 1. The molecule has 0 aromatic heterocycles. The minimum absolute atomic E-state index is 0.0847. The van der Waals surface area contributed by atoms with E-state index >= 15 is 0 Å². The van der Waals surface area contributed by atoms with Gasteiger partial charge in [0.05, 0.1) is 13.2 Å². The maximum Gasteiger partial charge on any atom is 0.472 e. The predicted octanol–water partition coefficient (Wildman–Crippen LogP) is 15.0. The van der Waals surface area contributed by atoms with Crippen molar-refractivity contribution in [2.45, 2.75) is 270 Å². The number of phosphoric acid groups is 1. The molecule has 356 valence electrons. The summed E-state index contributed by atoms with van der Waals surface area (Å²) in [6, 6.07) is 0. The van der Waals surface area contributed by atoms with Crippen molar-refractivity contribution in [2.24, 2.45) is 0 Å². The van der Waals surface area contributed by atoms with E-state index < -0.39 is 26.5 Å². The molecule has 2 unspecified atom stereocenters. The number of rotatable bonds is 49. The highest BCUT2D eigenvalue weighted by Crippen LogP contribution is 2.42. The van der Waals surface area contributed by atoms with Crippen LogP contribution in [0.4, 0.5) is 0 Å². The molecule has 0 saturated carbocycles. The third kappa shape index (κ3) is 47.8. The van der Waals surface area contributed by atoms with Crippen molar-refractivity contribution in [1.82, 2.24) is 5.32 Å². The monoisotopic (exact) mass is 872 g/mol. The zero-order valence-electron chi connectivity index (χ0n) is 39.4. The molecule has 0 aliphatic heterocycles. The van der Waals surface area contributed by atoms with Gasteiger partial charge in [0, 0.05) is 19.4 Å². The second kappa shape index (κ2) is 47.2. The van der Waals surface area contributed by atoms with Crippen molar-refractivity contribution in [3.05, 3.63) is 12.2 Å². The number of hydrogen-bond acceptors (Lipinski definition) is 7. The van der Waals surface area contributed by atoms with E-state index in [1.54, 1.807) is 0 Å². The second-order valence-electron chi connectivity index (χ2n) is 17.5. The minimum atomic E-state index is -4.42. The summed E-state index contributed by atoms with van der Waals surface area (Å²) in [7, 11) is -4.42. The largest absolute Gasteiger partial charge is 0.472 e. The number of aliphatic hydroxyl groups is 1. The Balaban J connectivity index is 3.52. The summed E-state index contributed by atoms with van der Waals surface area (Å²) in [5, 5.41) is 12.8. The molecule has 3 N–H and O–H groups in total. The summed E-state index contributed by atoms with van der Waals surface area (Å²) >= 11 is 0. The van der Waals surface area contributed by atoms with Gasteiger partial charge in [-0.05, 0) is 38.5 Å². The highest BCUT2D eigenvalue weighted by atomic mass is 31.2. The molecule has 10 heteroatoms. The summed E-state index contributed by atoms with van der Waals surface area (Å²) < 4.78 is 27.0. The fourth-order valence-corrected chi connectivity index (χ4v) is 8.31. The normalized spacial score (nSPS) is 13.2. The van der Waals surface area contributed by atoms with Crippen LogP contribution in [0.15, 0.2) is 12.2 Å². The number of hydrogen-bond donors (Lipinski definition) is 3. The Bertz CT molecular complexity index is 995. The molecule has 0 heterocycles. The first-order valence-corrected chi connectivity index (χ1v) is 27.2. The molecule has 0 aliphatic carbocycles. The van der Waals surface area contributed by atoms with Crippen LogP contribution >= 0.6 is 7.82 Å². The van der Waals surface area contributed by atoms with E-state index in [0.717, 1.165) is 38.5 Å². The zero-order chi connectivity index (χ0) is 43.9. The Morgan fingerprint density at radius 2 is 0.850 bits per heavy atom. The van der Waals surface area contributed by atoms with Crippen LogP contribution in [0.1, 0.15) is 264 Å². The second-order valence-corrected chi connectivity index (χ2v) is 19.0. The summed E-state index contributed by atoms with van der Waals surface area (Å²) in [4.78, 5) is 34.1. The maximum atomic E-state index is 12.1. The van der Waals surface area contributed by atoms with Crippen molar-refractivity contribution in [3.8, 4) is 0 Å². The number of nitrogens with one attached hydrogen (secondary N) is 1. The smallest absolute Gasteiger partial charge is 0.463 e. The van der Waals surface area contributed by atoms with Gasteiger partial charge < -0.3 is 20.1 Å². The standard InChI is InChI=1S/C50H98NO8P/c1-3-5-7-9-11-13-15-17-19-21-23-25-27-29-31-33-35-37-39-41-43-50(54)57-46-48(52)47-59-60(55,56)58-45-44-51-49(53)42-40-38-36-34-32-30-28-26-24-22-20-18-16-14-12-10-8-6-4-2/h18,20,48,52H,3-17,19,21-47H2,1-2H3,(H,51,53)(H,55,56)/b20-18+. The first kappa shape index (κ1) is 58.8. The van der Waals surface area contributed by atoms with Gasteiger partial charge in [-0.1, -0.05) is 225 Å². The van der Waals surface area contributed by atoms with Crippen molar-refractivity contribution in [1.29, 1.82) is 0 Å². The summed E-state index contributed by atoms with van der Waals surface area (Å²) in [5.74, 6) is -0.505. The molecule has 0 rings (SSSR count). The van der Waals surface area contributed by atoms with Gasteiger partial charge >= 0.3 is 13.8 Å². The van der Waals surface area contributed by atoms with Gasteiger partial charge in [0.15, 0.2) is 0 Å². The fourth-order valence-electron chi connectivity index (χ4n) is 7.55. The SMILES string of the molecule is CCCCCCCC/C=C/CCCCCCCCCCCC(=O)NCCOP(=O)(O)OCC(O)COC(=O)CCCCCCCCCCCCCCCCCCCCCC. The molecule has 1 amide bonds.